The Morgan fingerprint density at radius 3 is 2.35 bits per heavy atom. The quantitative estimate of drug-likeness (QED) is 0.774. The maximum atomic E-state index is 10.9. The van der Waals surface area contributed by atoms with Gasteiger partial charge in [0.2, 0.25) is 9.05 Å². The van der Waals surface area contributed by atoms with Gasteiger partial charge in [0.05, 0.1) is 20.0 Å². The fraction of sp³-hybridized carbons (Fsp3) is 0.455. The molecule has 0 aromatic heterocycles. The molecule has 17 heavy (non-hydrogen) atoms. The van der Waals surface area contributed by atoms with Crippen molar-refractivity contribution in [2.24, 2.45) is 0 Å². The van der Waals surface area contributed by atoms with Crippen molar-refractivity contribution in [3.05, 3.63) is 23.3 Å². The van der Waals surface area contributed by atoms with E-state index in [1.807, 2.05) is 19.1 Å². The van der Waals surface area contributed by atoms with E-state index in [-0.39, 0.29) is 5.75 Å². The molecule has 4 nitrogen and oxygen atoms in total. The third kappa shape index (κ3) is 4.09. The van der Waals surface area contributed by atoms with Gasteiger partial charge in [0, 0.05) is 10.7 Å². The first-order chi connectivity index (χ1) is 7.87. The third-order valence-corrected chi connectivity index (χ3v) is 3.47. The van der Waals surface area contributed by atoms with Crippen LogP contribution in [-0.2, 0) is 15.5 Å². The van der Waals surface area contributed by atoms with E-state index in [4.69, 9.17) is 20.2 Å². The van der Waals surface area contributed by atoms with Crippen molar-refractivity contribution in [1.82, 2.24) is 0 Å². The summed E-state index contributed by atoms with van der Waals surface area (Å²) in [5.41, 5.74) is 1.75. The van der Waals surface area contributed by atoms with Crippen molar-refractivity contribution < 1.29 is 17.9 Å². The lowest BCUT2D eigenvalue weighted by molar-refractivity contribution is 0.351. The first kappa shape index (κ1) is 14.1. The van der Waals surface area contributed by atoms with E-state index in [1.54, 1.807) is 7.11 Å². The molecule has 0 bridgehead atoms. The van der Waals surface area contributed by atoms with Crippen molar-refractivity contribution in [1.29, 1.82) is 0 Å². The van der Waals surface area contributed by atoms with E-state index in [0.29, 0.717) is 17.9 Å². The van der Waals surface area contributed by atoms with Crippen LogP contribution in [0.15, 0.2) is 12.1 Å². The lowest BCUT2D eigenvalue weighted by Crippen LogP contribution is -2.04. The normalized spacial score (nSPS) is 11.3. The first-order valence-electron chi connectivity index (χ1n) is 5.01. The maximum Gasteiger partial charge on any atom is 0.232 e. The molecule has 0 aliphatic rings. The summed E-state index contributed by atoms with van der Waals surface area (Å²) in [6.45, 7) is 1.90. The molecule has 0 saturated carbocycles. The minimum absolute atomic E-state index is 0.127. The second-order valence-electron chi connectivity index (χ2n) is 3.65. The van der Waals surface area contributed by atoms with Crippen LogP contribution >= 0.6 is 10.7 Å². The number of methoxy groups -OCH3 is 2. The van der Waals surface area contributed by atoms with E-state index in [9.17, 15) is 8.42 Å². The SMILES string of the molecule is COc1cc(C)cc(CCS(=O)(=O)Cl)c1OC. The molecule has 0 fully saturated rings. The van der Waals surface area contributed by atoms with Crippen LogP contribution in [-0.4, -0.2) is 28.4 Å². The highest BCUT2D eigenvalue weighted by Gasteiger charge is 2.14. The zero-order chi connectivity index (χ0) is 13.1. The summed E-state index contributed by atoms with van der Waals surface area (Å²) < 4.78 is 32.3. The molecule has 0 heterocycles. The second kappa shape index (κ2) is 5.60. The number of benzene rings is 1. The molecule has 0 atom stereocenters. The van der Waals surface area contributed by atoms with Gasteiger partial charge in [0.25, 0.3) is 0 Å². The van der Waals surface area contributed by atoms with Crippen molar-refractivity contribution in [2.45, 2.75) is 13.3 Å². The van der Waals surface area contributed by atoms with Crippen molar-refractivity contribution in [2.75, 3.05) is 20.0 Å². The van der Waals surface area contributed by atoms with Crippen LogP contribution in [0.5, 0.6) is 11.5 Å². The number of aryl methyl sites for hydroxylation is 2. The number of halogens is 1. The fourth-order valence-electron chi connectivity index (χ4n) is 1.61. The predicted molar refractivity (Wildman–Crippen MR) is 67.6 cm³/mol. The number of hydrogen-bond acceptors (Lipinski definition) is 4. The van der Waals surface area contributed by atoms with Crippen molar-refractivity contribution in [3.63, 3.8) is 0 Å². The van der Waals surface area contributed by atoms with Crippen LogP contribution < -0.4 is 9.47 Å². The molecule has 0 unspecified atom stereocenters. The predicted octanol–water partition coefficient (Wildman–Crippen LogP) is 2.12. The second-order valence-corrected chi connectivity index (χ2v) is 6.55. The summed E-state index contributed by atoms with van der Waals surface area (Å²) >= 11 is 0. The maximum absolute atomic E-state index is 10.9. The van der Waals surface area contributed by atoms with Gasteiger partial charge in [-0.2, -0.15) is 0 Å². The average Bonchev–Trinajstić information content (AvgIpc) is 2.24. The molecule has 1 rings (SSSR count). The first-order valence-corrected chi connectivity index (χ1v) is 7.49. The van der Waals surface area contributed by atoms with Gasteiger partial charge in [-0.3, -0.25) is 0 Å². The van der Waals surface area contributed by atoms with Crippen LogP contribution in [0.4, 0.5) is 0 Å². The van der Waals surface area contributed by atoms with Gasteiger partial charge < -0.3 is 9.47 Å². The van der Waals surface area contributed by atoms with Crippen LogP contribution in [0.3, 0.4) is 0 Å². The molecule has 0 aliphatic heterocycles. The molecule has 0 radical (unpaired) electrons. The van der Waals surface area contributed by atoms with Crippen LogP contribution in [0.25, 0.3) is 0 Å². The Morgan fingerprint density at radius 2 is 1.88 bits per heavy atom. The Morgan fingerprint density at radius 1 is 1.24 bits per heavy atom. The Bertz CT molecular complexity index is 496. The molecule has 0 saturated heterocycles. The van der Waals surface area contributed by atoms with Crippen LogP contribution in [0, 0.1) is 6.92 Å². The van der Waals surface area contributed by atoms with Gasteiger partial charge in [-0.25, -0.2) is 8.42 Å². The summed E-state index contributed by atoms with van der Waals surface area (Å²) in [7, 11) is 4.75. The minimum Gasteiger partial charge on any atom is -0.493 e. The Balaban J connectivity index is 3.09. The molecule has 96 valence electrons. The van der Waals surface area contributed by atoms with Gasteiger partial charge in [-0.1, -0.05) is 6.07 Å². The monoisotopic (exact) mass is 278 g/mol. The summed E-state index contributed by atoms with van der Waals surface area (Å²) in [5.74, 6) is 1.02. The van der Waals surface area contributed by atoms with Crippen molar-refractivity contribution >= 4 is 19.7 Å². The summed E-state index contributed by atoms with van der Waals surface area (Å²) in [6, 6.07) is 3.70. The smallest absolute Gasteiger partial charge is 0.232 e. The Hall–Kier alpha value is -0.940. The number of hydrogen-bond donors (Lipinski definition) is 0. The summed E-state index contributed by atoms with van der Waals surface area (Å²) in [6.07, 6.45) is 0.299. The van der Waals surface area contributed by atoms with Gasteiger partial charge in [-0.15, -0.1) is 0 Å². The Labute approximate surface area is 106 Å². The van der Waals surface area contributed by atoms with E-state index < -0.39 is 9.05 Å². The molecule has 0 spiro atoms. The molecule has 0 aliphatic carbocycles. The van der Waals surface area contributed by atoms with E-state index in [2.05, 4.69) is 0 Å². The fourth-order valence-corrected chi connectivity index (χ4v) is 2.31. The van der Waals surface area contributed by atoms with Gasteiger partial charge >= 0.3 is 0 Å². The Kier molecular flexibility index (Phi) is 4.65. The van der Waals surface area contributed by atoms with Gasteiger partial charge in [-0.05, 0) is 30.5 Å². The van der Waals surface area contributed by atoms with E-state index in [1.165, 1.54) is 7.11 Å². The highest BCUT2D eigenvalue weighted by molar-refractivity contribution is 8.13. The van der Waals surface area contributed by atoms with E-state index in [0.717, 1.165) is 11.1 Å². The van der Waals surface area contributed by atoms with Crippen molar-refractivity contribution in [3.8, 4) is 11.5 Å². The molecule has 6 heteroatoms. The van der Waals surface area contributed by atoms with Gasteiger partial charge in [0.15, 0.2) is 11.5 Å². The molecule has 0 amide bonds. The third-order valence-electron chi connectivity index (χ3n) is 2.32. The minimum atomic E-state index is -3.50. The number of rotatable bonds is 5. The molecular weight excluding hydrogens is 264 g/mol. The zero-order valence-electron chi connectivity index (χ0n) is 9.99. The average molecular weight is 279 g/mol. The highest BCUT2D eigenvalue weighted by atomic mass is 35.7. The van der Waals surface area contributed by atoms with Crippen LogP contribution in [0.2, 0.25) is 0 Å². The summed E-state index contributed by atoms with van der Waals surface area (Å²) in [5, 5.41) is 0. The molecular formula is C11H15ClO4S. The molecule has 1 aromatic rings. The topological polar surface area (TPSA) is 52.6 Å². The lowest BCUT2D eigenvalue weighted by Gasteiger charge is -2.13. The van der Waals surface area contributed by atoms with Gasteiger partial charge in [0.1, 0.15) is 0 Å². The standard InChI is InChI=1S/C11H15ClO4S/c1-8-6-9(4-5-17(12,13)14)11(16-3)10(7-8)15-2/h6-7H,4-5H2,1-3H3. The zero-order valence-corrected chi connectivity index (χ0v) is 11.6. The van der Waals surface area contributed by atoms with E-state index >= 15 is 0 Å². The highest BCUT2D eigenvalue weighted by Crippen LogP contribution is 2.33. The molecule has 1 aromatic carbocycles. The van der Waals surface area contributed by atoms with Crippen LogP contribution in [0.1, 0.15) is 11.1 Å². The summed E-state index contributed by atoms with van der Waals surface area (Å²) in [4.78, 5) is 0. The lowest BCUT2D eigenvalue weighted by atomic mass is 10.1. The number of ether oxygens (including phenoxy) is 2. The molecule has 0 N–H and O–H groups in total. The largest absolute Gasteiger partial charge is 0.493 e.